The molecule has 0 bridgehead atoms. The number of nitrogens with one attached hydrogen (secondary N) is 1. The minimum Gasteiger partial charge on any atom is -0.481 e. The van der Waals surface area contributed by atoms with Crippen LogP contribution in [0.5, 0.6) is 11.5 Å². The normalized spacial score (nSPS) is 13.4. The Labute approximate surface area is 122 Å². The van der Waals surface area contributed by atoms with Gasteiger partial charge in [0.2, 0.25) is 12.7 Å². The van der Waals surface area contributed by atoms with Crippen LogP contribution in [0.2, 0.25) is 0 Å². The Kier molecular flexibility index (Phi) is 4.16. The second-order valence-electron chi connectivity index (χ2n) is 5.39. The van der Waals surface area contributed by atoms with Crippen molar-refractivity contribution in [2.45, 2.75) is 25.8 Å². The summed E-state index contributed by atoms with van der Waals surface area (Å²) >= 11 is 0. The number of carboxylic acid groups (broad SMARTS) is 1. The molecule has 1 aromatic carbocycles. The third-order valence-electron chi connectivity index (χ3n) is 2.88. The molecule has 0 saturated carbocycles. The highest BCUT2D eigenvalue weighted by Gasteiger charge is 2.22. The molecule has 2 N–H and O–H groups in total. The number of fused-ring (bicyclic) bond motifs is 1. The first kappa shape index (κ1) is 14.9. The predicted octanol–water partition coefficient (Wildman–Crippen LogP) is 1.80. The van der Waals surface area contributed by atoms with E-state index in [9.17, 15) is 9.59 Å². The van der Waals surface area contributed by atoms with Gasteiger partial charge in [-0.3, -0.25) is 9.59 Å². The third-order valence-corrected chi connectivity index (χ3v) is 2.88. The molecule has 0 radical (unpaired) electrons. The van der Waals surface area contributed by atoms with Gasteiger partial charge in [0, 0.05) is 11.6 Å². The number of ether oxygens (including phenoxy) is 2. The average molecular weight is 291 g/mol. The van der Waals surface area contributed by atoms with Gasteiger partial charge in [-0.05, 0) is 37.6 Å². The number of carboxylic acids is 1. The molecule has 1 aromatic rings. The molecule has 1 amide bonds. The summed E-state index contributed by atoms with van der Waals surface area (Å²) in [5, 5.41) is 11.4. The lowest BCUT2D eigenvalue weighted by Crippen LogP contribution is -2.44. The molecule has 2 rings (SSSR count). The maximum atomic E-state index is 11.8. The number of amides is 1. The molecule has 1 aliphatic rings. The molecule has 0 aliphatic carbocycles. The molecule has 0 atom stereocenters. The van der Waals surface area contributed by atoms with Gasteiger partial charge in [-0.15, -0.1) is 0 Å². The van der Waals surface area contributed by atoms with Crippen molar-refractivity contribution in [3.05, 3.63) is 29.8 Å². The van der Waals surface area contributed by atoms with Crippen molar-refractivity contribution >= 4 is 18.0 Å². The highest BCUT2D eigenvalue weighted by molar-refractivity contribution is 5.92. The molecular formula is C15H17NO5. The van der Waals surface area contributed by atoms with Crippen LogP contribution in [0.3, 0.4) is 0 Å². The summed E-state index contributed by atoms with van der Waals surface area (Å²) < 4.78 is 10.4. The summed E-state index contributed by atoms with van der Waals surface area (Å²) in [5.74, 6) is 0.0157. The summed E-state index contributed by atoms with van der Waals surface area (Å²) in [4.78, 5) is 22.5. The van der Waals surface area contributed by atoms with Gasteiger partial charge in [0.05, 0.1) is 6.42 Å². The molecule has 6 heteroatoms. The fourth-order valence-electron chi connectivity index (χ4n) is 1.99. The Bertz CT molecular complexity index is 592. The third kappa shape index (κ3) is 4.24. The zero-order valence-corrected chi connectivity index (χ0v) is 11.9. The molecule has 0 spiro atoms. The lowest BCUT2D eigenvalue weighted by Gasteiger charge is -2.23. The van der Waals surface area contributed by atoms with Crippen LogP contribution in [-0.4, -0.2) is 29.3 Å². The summed E-state index contributed by atoms with van der Waals surface area (Å²) in [7, 11) is 0. The summed E-state index contributed by atoms with van der Waals surface area (Å²) in [6.07, 6.45) is 2.85. The molecular weight excluding hydrogens is 274 g/mol. The van der Waals surface area contributed by atoms with Crippen LogP contribution in [-0.2, 0) is 9.59 Å². The van der Waals surface area contributed by atoms with Crippen molar-refractivity contribution in [1.29, 1.82) is 0 Å². The first-order valence-electron chi connectivity index (χ1n) is 6.47. The smallest absolute Gasteiger partial charge is 0.305 e. The van der Waals surface area contributed by atoms with Gasteiger partial charge >= 0.3 is 5.97 Å². The number of hydrogen-bond acceptors (Lipinski definition) is 4. The first-order valence-corrected chi connectivity index (χ1v) is 6.47. The zero-order chi connectivity index (χ0) is 15.5. The maximum Gasteiger partial charge on any atom is 0.305 e. The Balaban J connectivity index is 1.97. The fraction of sp³-hybridized carbons (Fsp3) is 0.333. The highest BCUT2D eigenvalue weighted by Crippen LogP contribution is 2.32. The molecule has 21 heavy (non-hydrogen) atoms. The molecule has 6 nitrogen and oxygen atoms in total. The Hall–Kier alpha value is -2.50. The monoisotopic (exact) mass is 291 g/mol. The van der Waals surface area contributed by atoms with Crippen molar-refractivity contribution in [1.82, 2.24) is 5.32 Å². The molecule has 1 aliphatic heterocycles. The summed E-state index contributed by atoms with van der Waals surface area (Å²) in [6, 6.07) is 5.35. The average Bonchev–Trinajstić information content (AvgIpc) is 2.81. The molecule has 112 valence electrons. The highest BCUT2D eigenvalue weighted by atomic mass is 16.7. The van der Waals surface area contributed by atoms with Crippen LogP contribution in [0.15, 0.2) is 24.3 Å². The van der Waals surface area contributed by atoms with Crippen LogP contribution >= 0.6 is 0 Å². The second-order valence-corrected chi connectivity index (χ2v) is 5.39. The van der Waals surface area contributed by atoms with E-state index >= 15 is 0 Å². The van der Waals surface area contributed by atoms with E-state index in [2.05, 4.69) is 5.32 Å². The molecule has 0 aromatic heterocycles. The minimum atomic E-state index is -0.958. The van der Waals surface area contributed by atoms with Crippen molar-refractivity contribution in [3.63, 3.8) is 0 Å². The van der Waals surface area contributed by atoms with E-state index in [1.807, 2.05) is 0 Å². The number of aliphatic carboxylic acids is 1. The van der Waals surface area contributed by atoms with E-state index in [1.165, 1.54) is 6.08 Å². The standard InChI is InChI=1S/C15H17NO5/c1-15(2,8-14(18)19)16-13(17)6-4-10-3-5-11-12(7-10)21-9-20-11/h3-7H,8-9H2,1-2H3,(H,16,17)(H,18,19). The molecule has 0 fully saturated rings. The summed E-state index contributed by atoms with van der Waals surface area (Å²) in [6.45, 7) is 3.52. The van der Waals surface area contributed by atoms with Crippen molar-refractivity contribution in [2.75, 3.05) is 6.79 Å². The van der Waals surface area contributed by atoms with Gasteiger partial charge in [0.15, 0.2) is 11.5 Å². The quantitative estimate of drug-likeness (QED) is 0.808. The van der Waals surface area contributed by atoms with Gasteiger partial charge in [0.25, 0.3) is 0 Å². The van der Waals surface area contributed by atoms with Crippen LogP contribution in [0, 0.1) is 0 Å². The van der Waals surface area contributed by atoms with E-state index in [0.717, 1.165) is 5.56 Å². The van der Waals surface area contributed by atoms with E-state index in [4.69, 9.17) is 14.6 Å². The van der Waals surface area contributed by atoms with Gasteiger partial charge in [-0.2, -0.15) is 0 Å². The number of hydrogen-bond donors (Lipinski definition) is 2. The minimum absolute atomic E-state index is 0.142. The maximum absolute atomic E-state index is 11.8. The van der Waals surface area contributed by atoms with Gasteiger partial charge in [-0.25, -0.2) is 0 Å². The van der Waals surface area contributed by atoms with Crippen LogP contribution in [0.4, 0.5) is 0 Å². The molecule has 0 unspecified atom stereocenters. The first-order chi connectivity index (χ1) is 9.85. The number of carbonyl (C=O) groups is 2. The topological polar surface area (TPSA) is 84.9 Å². The van der Waals surface area contributed by atoms with Crippen molar-refractivity contribution < 1.29 is 24.2 Å². The predicted molar refractivity (Wildman–Crippen MR) is 76.1 cm³/mol. The Morgan fingerprint density at radius 2 is 2.05 bits per heavy atom. The van der Waals surface area contributed by atoms with Gasteiger partial charge in [0.1, 0.15) is 0 Å². The van der Waals surface area contributed by atoms with E-state index < -0.39 is 11.5 Å². The molecule has 1 heterocycles. The summed E-state index contributed by atoms with van der Waals surface area (Å²) in [5.41, 5.74) is -0.00673. The largest absolute Gasteiger partial charge is 0.481 e. The van der Waals surface area contributed by atoms with Crippen LogP contribution < -0.4 is 14.8 Å². The van der Waals surface area contributed by atoms with Gasteiger partial charge < -0.3 is 19.9 Å². The molecule has 0 saturated heterocycles. The van der Waals surface area contributed by atoms with Gasteiger partial charge in [-0.1, -0.05) is 6.07 Å². The van der Waals surface area contributed by atoms with E-state index in [1.54, 1.807) is 38.1 Å². The van der Waals surface area contributed by atoms with E-state index in [-0.39, 0.29) is 19.1 Å². The SMILES string of the molecule is CC(C)(CC(=O)O)NC(=O)C=Cc1ccc2c(c1)OCO2. The van der Waals surface area contributed by atoms with Crippen molar-refractivity contribution in [3.8, 4) is 11.5 Å². The van der Waals surface area contributed by atoms with Crippen LogP contribution in [0.25, 0.3) is 6.08 Å². The number of carbonyl (C=O) groups excluding carboxylic acids is 1. The Morgan fingerprint density at radius 3 is 2.76 bits per heavy atom. The second kappa shape index (κ2) is 5.87. The fourth-order valence-corrected chi connectivity index (χ4v) is 1.99. The Morgan fingerprint density at radius 1 is 1.33 bits per heavy atom. The van der Waals surface area contributed by atoms with Crippen molar-refractivity contribution in [2.24, 2.45) is 0 Å². The zero-order valence-electron chi connectivity index (χ0n) is 11.9. The number of benzene rings is 1. The van der Waals surface area contributed by atoms with Crippen LogP contribution in [0.1, 0.15) is 25.8 Å². The lowest BCUT2D eigenvalue weighted by atomic mass is 10.0. The lowest BCUT2D eigenvalue weighted by molar-refractivity contribution is -0.138. The number of rotatable bonds is 5. The van der Waals surface area contributed by atoms with E-state index in [0.29, 0.717) is 11.5 Å².